The van der Waals surface area contributed by atoms with Gasteiger partial charge in [0.1, 0.15) is 11.6 Å². The Morgan fingerprint density at radius 3 is 1.94 bits per heavy atom. The Bertz CT molecular complexity index is 887. The molecule has 31 heavy (non-hydrogen) atoms. The Balaban J connectivity index is 0.000000288. The molecule has 1 unspecified atom stereocenters. The summed E-state index contributed by atoms with van der Waals surface area (Å²) >= 11 is 0. The predicted molar refractivity (Wildman–Crippen MR) is 101 cm³/mol. The minimum atomic E-state index is -2.33. The molecular weight excluding hydrogens is 428 g/mol. The van der Waals surface area contributed by atoms with E-state index < -0.39 is 34.8 Å². The Morgan fingerprint density at radius 2 is 1.45 bits per heavy atom. The van der Waals surface area contributed by atoms with E-state index in [-0.39, 0.29) is 11.7 Å². The maximum Gasteiger partial charge on any atom is 0.238 e. The second-order valence-electron chi connectivity index (χ2n) is 6.46. The van der Waals surface area contributed by atoms with E-state index in [9.17, 15) is 36.0 Å². The van der Waals surface area contributed by atoms with Crippen molar-refractivity contribution in [1.82, 2.24) is 0 Å². The summed E-state index contributed by atoms with van der Waals surface area (Å²) < 4.78 is 75.3. The third-order valence-corrected chi connectivity index (χ3v) is 4.32. The first-order valence-corrected chi connectivity index (χ1v) is 9.45. The van der Waals surface area contributed by atoms with Gasteiger partial charge in [-0.15, -0.1) is 4.91 Å². The van der Waals surface area contributed by atoms with Gasteiger partial charge in [0.15, 0.2) is 5.34 Å². The second-order valence-corrected chi connectivity index (χ2v) is 6.46. The third-order valence-electron chi connectivity index (χ3n) is 4.32. The number of hydrogen-bond donors (Lipinski definition) is 0. The van der Waals surface area contributed by atoms with E-state index in [0.29, 0.717) is 18.6 Å². The van der Waals surface area contributed by atoms with Crippen molar-refractivity contribution < 1.29 is 36.0 Å². The fourth-order valence-corrected chi connectivity index (χ4v) is 3.01. The van der Waals surface area contributed by atoms with Gasteiger partial charge in [0.05, 0.1) is 0 Å². The summed E-state index contributed by atoms with van der Waals surface area (Å²) in [6.45, 7) is 5.89. The molecule has 0 radical (unpaired) electrons. The quantitative estimate of drug-likeness (QED) is 0.170. The van der Waals surface area contributed by atoms with Crippen LogP contribution in [-0.4, -0.2) is 5.78 Å². The van der Waals surface area contributed by atoms with Crippen LogP contribution in [0.3, 0.4) is 0 Å². The average molecular weight is 449 g/mol. The molecule has 1 saturated carbocycles. The number of ketones is 1. The molecule has 0 heterocycles. The lowest BCUT2D eigenvalue weighted by molar-refractivity contribution is -0.120. The van der Waals surface area contributed by atoms with Gasteiger partial charge in [0.25, 0.3) is 0 Å². The maximum absolute atomic E-state index is 13.2. The van der Waals surface area contributed by atoms with Gasteiger partial charge < -0.3 is 4.84 Å². The topological polar surface area (TPSA) is 55.7 Å². The summed E-state index contributed by atoms with van der Waals surface area (Å²) in [5, 5.41) is 1.55. The molecule has 1 atom stereocenters. The van der Waals surface area contributed by atoms with E-state index in [0.717, 1.165) is 24.0 Å². The molecule has 0 spiro atoms. The molecule has 170 valence electrons. The van der Waals surface area contributed by atoms with Crippen molar-refractivity contribution in [2.75, 3.05) is 0 Å². The van der Waals surface area contributed by atoms with Crippen LogP contribution in [-0.2, 0) is 4.79 Å². The lowest BCUT2D eigenvalue weighted by atomic mass is 9.83. The van der Waals surface area contributed by atoms with Crippen LogP contribution in [0.4, 0.5) is 26.3 Å². The normalized spacial score (nSPS) is 15.3. The zero-order valence-corrected chi connectivity index (χ0v) is 17.1. The molecule has 0 saturated heterocycles. The van der Waals surface area contributed by atoms with Crippen molar-refractivity contribution in [3.8, 4) is 5.75 Å². The SMILES string of the molecule is CC.Cc1cc(F)cc(C2CCCC(=O)C2)c1.O=NOc1c(F)c(F)c(F)c(F)c1F. The van der Waals surface area contributed by atoms with E-state index in [2.05, 4.69) is 4.84 Å². The van der Waals surface area contributed by atoms with Crippen LogP contribution in [0.25, 0.3) is 0 Å². The summed E-state index contributed by atoms with van der Waals surface area (Å²) in [6.07, 6.45) is 3.24. The van der Waals surface area contributed by atoms with Crippen LogP contribution in [0.15, 0.2) is 23.5 Å². The molecule has 0 bridgehead atoms. The first kappa shape index (κ1) is 26.1. The van der Waals surface area contributed by atoms with Crippen molar-refractivity contribution in [3.05, 3.63) is 69.1 Å². The first-order valence-electron chi connectivity index (χ1n) is 9.45. The molecule has 2 aromatic rings. The van der Waals surface area contributed by atoms with Crippen molar-refractivity contribution in [2.24, 2.45) is 5.34 Å². The van der Waals surface area contributed by atoms with Gasteiger partial charge in [-0.3, -0.25) is 4.79 Å². The van der Waals surface area contributed by atoms with Gasteiger partial charge >= 0.3 is 0 Å². The molecule has 3 rings (SSSR count). The lowest BCUT2D eigenvalue weighted by Crippen LogP contribution is -2.13. The molecular formula is C21H21F6NO3. The summed E-state index contributed by atoms with van der Waals surface area (Å²) in [5.74, 6) is -12.6. The summed E-state index contributed by atoms with van der Waals surface area (Å²) in [5.41, 5.74) is 1.92. The van der Waals surface area contributed by atoms with E-state index in [1.54, 1.807) is 11.4 Å². The molecule has 1 aliphatic rings. The zero-order valence-electron chi connectivity index (χ0n) is 17.1. The van der Waals surface area contributed by atoms with E-state index in [4.69, 9.17) is 0 Å². The van der Waals surface area contributed by atoms with Crippen LogP contribution in [0, 0.1) is 46.7 Å². The second kappa shape index (κ2) is 12.1. The van der Waals surface area contributed by atoms with Crippen molar-refractivity contribution in [1.29, 1.82) is 0 Å². The molecule has 0 aliphatic heterocycles. The number of hydrogen-bond acceptors (Lipinski definition) is 4. The van der Waals surface area contributed by atoms with Crippen molar-refractivity contribution >= 4 is 5.78 Å². The van der Waals surface area contributed by atoms with Gasteiger partial charge in [0, 0.05) is 12.8 Å². The third kappa shape index (κ3) is 6.80. The Labute approximate surface area is 175 Å². The number of carbonyl (C=O) groups is 1. The molecule has 4 nitrogen and oxygen atoms in total. The number of carbonyl (C=O) groups excluding carboxylic acids is 1. The van der Waals surface area contributed by atoms with Crippen LogP contribution >= 0.6 is 0 Å². The predicted octanol–water partition coefficient (Wildman–Crippen LogP) is 6.83. The average Bonchev–Trinajstić information content (AvgIpc) is 2.75. The molecule has 1 aliphatic carbocycles. The fraction of sp³-hybridized carbons (Fsp3) is 0.381. The Kier molecular flexibility index (Phi) is 10.2. The van der Waals surface area contributed by atoms with Crippen molar-refractivity contribution in [2.45, 2.75) is 52.4 Å². The number of benzene rings is 2. The van der Waals surface area contributed by atoms with Crippen LogP contribution in [0.5, 0.6) is 5.75 Å². The fourth-order valence-electron chi connectivity index (χ4n) is 3.01. The number of Topliss-reactive ketones (excluding diaryl/α,β-unsaturated/α-hetero) is 1. The molecule has 1 fully saturated rings. The highest BCUT2D eigenvalue weighted by molar-refractivity contribution is 5.80. The van der Waals surface area contributed by atoms with Gasteiger partial charge in [-0.05, 0) is 48.9 Å². The Morgan fingerprint density at radius 1 is 0.903 bits per heavy atom. The largest absolute Gasteiger partial charge is 0.317 e. The molecule has 0 amide bonds. The van der Waals surface area contributed by atoms with Gasteiger partial charge in [0.2, 0.25) is 34.8 Å². The highest BCUT2D eigenvalue weighted by Crippen LogP contribution is 2.32. The number of nitrogens with zero attached hydrogens (tertiary/aromatic N) is 1. The standard InChI is InChI=1S/C13H15FO.C6F5NO2.C2H6/c1-9-5-11(7-12(14)6-9)10-3-2-4-13(15)8-10;7-1-2(8)4(10)6(14-12-13)5(11)3(1)9;1-2/h5-7,10H,2-4,8H2,1H3;;1-2H3. The van der Waals surface area contributed by atoms with Gasteiger partial charge in [-0.25, -0.2) is 17.6 Å². The van der Waals surface area contributed by atoms with Crippen molar-refractivity contribution in [3.63, 3.8) is 0 Å². The summed E-state index contributed by atoms with van der Waals surface area (Å²) in [7, 11) is 0. The zero-order chi connectivity index (χ0) is 23.7. The smallest absolute Gasteiger partial charge is 0.238 e. The van der Waals surface area contributed by atoms with Crippen LogP contribution in [0.2, 0.25) is 0 Å². The van der Waals surface area contributed by atoms with Crippen LogP contribution in [0.1, 0.15) is 56.6 Å². The molecule has 10 heteroatoms. The summed E-state index contributed by atoms with van der Waals surface area (Å²) in [6, 6.07) is 5.08. The number of aryl methyl sites for hydroxylation is 1. The van der Waals surface area contributed by atoms with Crippen LogP contribution < -0.4 is 4.84 Å². The van der Waals surface area contributed by atoms with Gasteiger partial charge in [-0.1, -0.05) is 19.9 Å². The monoisotopic (exact) mass is 449 g/mol. The van der Waals surface area contributed by atoms with E-state index in [1.165, 1.54) is 6.07 Å². The van der Waals surface area contributed by atoms with Gasteiger partial charge in [-0.2, -0.15) is 8.78 Å². The highest BCUT2D eigenvalue weighted by atomic mass is 19.2. The summed E-state index contributed by atoms with van der Waals surface area (Å²) in [4.78, 5) is 24.1. The maximum atomic E-state index is 13.2. The number of halogens is 6. The molecule has 0 N–H and O–H groups in total. The molecule has 2 aromatic carbocycles. The lowest BCUT2D eigenvalue weighted by Gasteiger charge is -2.21. The number of rotatable bonds is 3. The molecule has 0 aromatic heterocycles. The minimum Gasteiger partial charge on any atom is -0.317 e. The van der Waals surface area contributed by atoms with E-state index >= 15 is 0 Å². The first-order chi connectivity index (χ1) is 14.6. The highest BCUT2D eigenvalue weighted by Gasteiger charge is 2.27. The minimum absolute atomic E-state index is 0.192. The Hall–Kier alpha value is -2.91. The van der Waals surface area contributed by atoms with E-state index in [1.807, 2.05) is 26.8 Å².